The van der Waals surface area contributed by atoms with Crippen molar-refractivity contribution in [2.24, 2.45) is 0 Å². The lowest BCUT2D eigenvalue weighted by Crippen LogP contribution is -2.30. The zero-order valence-electron chi connectivity index (χ0n) is 24.7. The van der Waals surface area contributed by atoms with Gasteiger partial charge in [0.15, 0.2) is 5.13 Å². The van der Waals surface area contributed by atoms with E-state index >= 15 is 0 Å². The highest BCUT2D eigenvalue weighted by Crippen LogP contribution is 2.38. The molecule has 1 heterocycles. The normalized spacial score (nSPS) is 11.9. The number of fused-ring (bicyclic) bond motifs is 1. The lowest BCUT2D eigenvalue weighted by atomic mass is 10.1. The van der Waals surface area contributed by atoms with Gasteiger partial charge in [-0.2, -0.15) is 0 Å². The zero-order chi connectivity index (χ0) is 32.6. The summed E-state index contributed by atoms with van der Waals surface area (Å²) in [5.41, 5.74) is 2.37. The van der Waals surface area contributed by atoms with Crippen LogP contribution in [0.5, 0.6) is 0 Å². The molecule has 232 valence electrons. The van der Waals surface area contributed by atoms with Gasteiger partial charge in [0.2, 0.25) is 5.91 Å². The van der Waals surface area contributed by atoms with Crippen LogP contribution in [-0.2, 0) is 9.59 Å². The van der Waals surface area contributed by atoms with E-state index in [1.807, 2.05) is 60.7 Å². The molecule has 1 atom stereocenters. The molecule has 10 heteroatoms. The summed E-state index contributed by atoms with van der Waals surface area (Å²) in [6.45, 7) is 0. The van der Waals surface area contributed by atoms with Crippen molar-refractivity contribution in [1.29, 1.82) is 0 Å². The summed E-state index contributed by atoms with van der Waals surface area (Å²) in [7, 11) is 0. The Labute approximate surface area is 278 Å². The summed E-state index contributed by atoms with van der Waals surface area (Å²) in [4.78, 5) is 45.4. The molecular formula is C37H27FN4O3S2. The number of aromatic nitrogens is 1. The zero-order valence-corrected chi connectivity index (χ0v) is 26.4. The number of amides is 3. The maximum absolute atomic E-state index is 14.5. The summed E-state index contributed by atoms with van der Waals surface area (Å²) in [5.74, 6) is -1.94. The topological polar surface area (TPSA) is 100 Å². The third kappa shape index (κ3) is 7.99. The molecule has 0 spiro atoms. The van der Waals surface area contributed by atoms with Gasteiger partial charge in [-0.05, 0) is 60.2 Å². The van der Waals surface area contributed by atoms with Crippen molar-refractivity contribution in [3.63, 3.8) is 0 Å². The standard InChI is InChI=1S/C37H27FN4O3S2/c38-29-19-8-7-16-26(29)22-31(40-34(43)25-14-5-2-6-15-25)35(44)39-27-17-11-18-28(23-27)46-33(24-12-3-1-4-13-24)36(45)42-37-41-30-20-9-10-21-32(30)47-37/h1-23,33H,(H,39,44)(H,40,43)(H,41,42,45)/b31-22-. The summed E-state index contributed by atoms with van der Waals surface area (Å²) >= 11 is 2.72. The van der Waals surface area contributed by atoms with Gasteiger partial charge < -0.3 is 16.0 Å². The van der Waals surface area contributed by atoms with Crippen molar-refractivity contribution in [1.82, 2.24) is 10.3 Å². The number of carbonyl (C=O) groups is 3. The van der Waals surface area contributed by atoms with Gasteiger partial charge in [-0.1, -0.05) is 96.3 Å². The monoisotopic (exact) mass is 658 g/mol. The number of rotatable bonds is 10. The largest absolute Gasteiger partial charge is 0.321 e. The van der Waals surface area contributed by atoms with E-state index in [4.69, 9.17) is 0 Å². The highest BCUT2D eigenvalue weighted by molar-refractivity contribution is 8.00. The molecular weight excluding hydrogens is 632 g/mol. The average Bonchev–Trinajstić information content (AvgIpc) is 3.51. The van der Waals surface area contributed by atoms with Crippen LogP contribution in [-0.4, -0.2) is 22.7 Å². The molecule has 1 unspecified atom stereocenters. The summed E-state index contributed by atoms with van der Waals surface area (Å²) in [6.07, 6.45) is 1.29. The first-order valence-electron chi connectivity index (χ1n) is 14.5. The number of carbonyl (C=O) groups excluding carboxylic acids is 3. The maximum atomic E-state index is 14.5. The number of anilines is 2. The Kier molecular flexibility index (Phi) is 9.81. The summed E-state index contributed by atoms with van der Waals surface area (Å²) in [6, 6.07) is 38.5. The fraction of sp³-hybridized carbons (Fsp3) is 0.0270. The molecule has 0 aliphatic rings. The molecule has 6 aromatic rings. The molecule has 0 saturated heterocycles. The quantitative estimate of drug-likeness (QED) is 0.102. The third-order valence-electron chi connectivity index (χ3n) is 6.94. The molecule has 1 aromatic heterocycles. The fourth-order valence-corrected chi connectivity index (χ4v) is 6.62. The van der Waals surface area contributed by atoms with E-state index in [2.05, 4.69) is 20.9 Å². The second-order valence-electron chi connectivity index (χ2n) is 10.3. The number of hydrogen-bond acceptors (Lipinski definition) is 6. The predicted molar refractivity (Wildman–Crippen MR) is 187 cm³/mol. The van der Waals surface area contributed by atoms with Crippen molar-refractivity contribution in [3.8, 4) is 0 Å². The van der Waals surface area contributed by atoms with Crippen LogP contribution in [0, 0.1) is 5.82 Å². The van der Waals surface area contributed by atoms with Gasteiger partial charge in [0, 0.05) is 21.7 Å². The first-order valence-corrected chi connectivity index (χ1v) is 16.2. The van der Waals surface area contributed by atoms with E-state index in [0.717, 1.165) is 15.8 Å². The molecule has 5 aromatic carbocycles. The first kappa shape index (κ1) is 31.4. The van der Waals surface area contributed by atoms with E-state index < -0.39 is 22.9 Å². The Morgan fingerprint density at radius 3 is 2.23 bits per heavy atom. The van der Waals surface area contributed by atoms with E-state index in [1.165, 1.54) is 41.3 Å². The van der Waals surface area contributed by atoms with Crippen molar-refractivity contribution in [2.45, 2.75) is 10.1 Å². The van der Waals surface area contributed by atoms with Gasteiger partial charge in [-0.3, -0.25) is 14.4 Å². The van der Waals surface area contributed by atoms with Crippen LogP contribution in [0.15, 0.2) is 144 Å². The van der Waals surface area contributed by atoms with Gasteiger partial charge in [0.25, 0.3) is 11.8 Å². The minimum Gasteiger partial charge on any atom is -0.321 e. The molecule has 0 aliphatic heterocycles. The van der Waals surface area contributed by atoms with Crippen LogP contribution in [0.4, 0.5) is 15.2 Å². The van der Waals surface area contributed by atoms with E-state index in [1.54, 1.807) is 60.7 Å². The van der Waals surface area contributed by atoms with Gasteiger partial charge in [-0.25, -0.2) is 9.37 Å². The highest BCUT2D eigenvalue weighted by Gasteiger charge is 2.24. The molecule has 0 bridgehead atoms. The Morgan fingerprint density at radius 2 is 1.47 bits per heavy atom. The van der Waals surface area contributed by atoms with E-state index in [-0.39, 0.29) is 17.2 Å². The molecule has 7 nitrogen and oxygen atoms in total. The molecule has 0 saturated carbocycles. The molecule has 0 aliphatic carbocycles. The molecule has 0 fully saturated rings. The minimum atomic E-state index is -0.645. The van der Waals surface area contributed by atoms with Crippen molar-refractivity contribution < 1.29 is 18.8 Å². The van der Waals surface area contributed by atoms with Crippen LogP contribution in [0.2, 0.25) is 0 Å². The molecule has 47 heavy (non-hydrogen) atoms. The number of halogens is 1. The SMILES string of the molecule is O=C(Nc1cccc(SC(C(=O)Nc2nc3ccccc3s2)c2ccccc2)c1)/C(=C/c1ccccc1F)NC(=O)c1ccccc1. The molecule has 3 amide bonds. The summed E-state index contributed by atoms with van der Waals surface area (Å²) in [5, 5.41) is 8.28. The van der Waals surface area contributed by atoms with Crippen LogP contribution in [0.25, 0.3) is 16.3 Å². The molecule has 6 rings (SSSR count). The Morgan fingerprint density at radius 1 is 0.766 bits per heavy atom. The lowest BCUT2D eigenvalue weighted by molar-refractivity contribution is -0.116. The van der Waals surface area contributed by atoms with Crippen LogP contribution >= 0.6 is 23.1 Å². The number of hydrogen-bond donors (Lipinski definition) is 3. The Bertz CT molecular complexity index is 2050. The second kappa shape index (κ2) is 14.7. The second-order valence-corrected chi connectivity index (χ2v) is 12.5. The number of nitrogens with zero attached hydrogens (tertiary/aromatic N) is 1. The van der Waals surface area contributed by atoms with Gasteiger partial charge in [-0.15, -0.1) is 11.8 Å². The maximum Gasteiger partial charge on any atom is 0.272 e. The van der Waals surface area contributed by atoms with E-state index in [9.17, 15) is 18.8 Å². The van der Waals surface area contributed by atoms with Gasteiger partial charge in [0.05, 0.1) is 10.2 Å². The number of nitrogens with one attached hydrogen (secondary N) is 3. The minimum absolute atomic E-state index is 0.139. The van der Waals surface area contributed by atoms with Gasteiger partial charge >= 0.3 is 0 Å². The number of thiazole rings is 1. The number of benzene rings is 5. The first-order chi connectivity index (χ1) is 22.9. The lowest BCUT2D eigenvalue weighted by Gasteiger charge is -2.17. The number of para-hydroxylation sites is 1. The Balaban J connectivity index is 1.23. The van der Waals surface area contributed by atoms with Crippen LogP contribution < -0.4 is 16.0 Å². The Hall–Kier alpha value is -5.58. The van der Waals surface area contributed by atoms with E-state index in [0.29, 0.717) is 21.3 Å². The van der Waals surface area contributed by atoms with Crippen molar-refractivity contribution >= 4 is 67.9 Å². The van der Waals surface area contributed by atoms with Crippen LogP contribution in [0.1, 0.15) is 26.7 Å². The predicted octanol–water partition coefficient (Wildman–Crippen LogP) is 8.32. The van der Waals surface area contributed by atoms with Crippen molar-refractivity contribution in [2.75, 3.05) is 10.6 Å². The number of thioether (sulfide) groups is 1. The fourth-order valence-electron chi connectivity index (χ4n) is 4.67. The van der Waals surface area contributed by atoms with Crippen LogP contribution in [0.3, 0.4) is 0 Å². The molecule has 3 N–H and O–H groups in total. The third-order valence-corrected chi connectivity index (χ3v) is 9.14. The molecule has 0 radical (unpaired) electrons. The highest BCUT2D eigenvalue weighted by atomic mass is 32.2. The summed E-state index contributed by atoms with van der Waals surface area (Å²) < 4.78 is 15.5. The van der Waals surface area contributed by atoms with Gasteiger partial charge in [0.1, 0.15) is 16.8 Å². The van der Waals surface area contributed by atoms with Crippen molar-refractivity contribution in [3.05, 3.63) is 162 Å². The average molecular weight is 659 g/mol. The smallest absolute Gasteiger partial charge is 0.272 e.